The molecule has 1 aliphatic rings. The first-order valence-corrected chi connectivity index (χ1v) is 12.9. The number of ether oxygens (including phenoxy) is 2. The zero-order valence-electron chi connectivity index (χ0n) is 19.6. The fourth-order valence-electron chi connectivity index (χ4n) is 3.95. The fourth-order valence-corrected chi connectivity index (χ4v) is 5.42. The third-order valence-electron chi connectivity index (χ3n) is 5.73. The molecule has 0 atom stereocenters. The Hall–Kier alpha value is -2.58. The van der Waals surface area contributed by atoms with E-state index in [2.05, 4.69) is 11.4 Å². The molecule has 0 unspecified atom stereocenters. The number of aryl methyl sites for hydroxylation is 1. The van der Waals surface area contributed by atoms with Crippen LogP contribution in [0, 0.1) is 5.92 Å². The van der Waals surface area contributed by atoms with Gasteiger partial charge in [0.05, 0.1) is 18.1 Å². The van der Waals surface area contributed by atoms with E-state index >= 15 is 0 Å². The van der Waals surface area contributed by atoms with Gasteiger partial charge in [0, 0.05) is 25.6 Å². The number of hydrogen-bond donors (Lipinski definition) is 1. The van der Waals surface area contributed by atoms with Gasteiger partial charge in [0.15, 0.2) is 0 Å². The van der Waals surface area contributed by atoms with E-state index in [1.165, 1.54) is 9.87 Å². The lowest BCUT2D eigenvalue weighted by Gasteiger charge is -2.30. The number of rotatable bonds is 10. The highest BCUT2D eigenvalue weighted by Gasteiger charge is 2.32. The highest BCUT2D eigenvalue weighted by molar-refractivity contribution is 7.89. The van der Waals surface area contributed by atoms with Crippen LogP contribution in [0.15, 0.2) is 53.4 Å². The number of amides is 1. The summed E-state index contributed by atoms with van der Waals surface area (Å²) >= 11 is 0. The molecule has 1 N–H and O–H groups in total. The van der Waals surface area contributed by atoms with E-state index < -0.39 is 10.0 Å². The van der Waals surface area contributed by atoms with Crippen molar-refractivity contribution >= 4 is 15.9 Å². The van der Waals surface area contributed by atoms with Crippen LogP contribution in [0.2, 0.25) is 0 Å². The van der Waals surface area contributed by atoms with Crippen molar-refractivity contribution in [1.29, 1.82) is 0 Å². The second-order valence-electron chi connectivity index (χ2n) is 8.56. The second-order valence-corrected chi connectivity index (χ2v) is 10.5. The average molecular weight is 475 g/mol. The zero-order valence-corrected chi connectivity index (χ0v) is 20.4. The molecule has 1 aliphatic heterocycles. The molecule has 1 heterocycles. The molecule has 0 aromatic heterocycles. The number of hydrogen-bond acceptors (Lipinski definition) is 5. The molecule has 3 rings (SSSR count). The Labute approximate surface area is 197 Å². The van der Waals surface area contributed by atoms with Gasteiger partial charge in [-0.25, -0.2) is 8.42 Å². The Morgan fingerprint density at radius 2 is 1.79 bits per heavy atom. The van der Waals surface area contributed by atoms with Crippen molar-refractivity contribution in [2.75, 3.05) is 26.7 Å². The molecule has 2 aromatic carbocycles. The Kier molecular flexibility index (Phi) is 8.74. The van der Waals surface area contributed by atoms with Gasteiger partial charge in [-0.15, -0.1) is 0 Å². The fraction of sp³-hybridized carbons (Fsp3) is 0.480. The maximum Gasteiger partial charge on any atom is 0.243 e. The van der Waals surface area contributed by atoms with Gasteiger partial charge < -0.3 is 14.8 Å². The van der Waals surface area contributed by atoms with Crippen LogP contribution in [0.25, 0.3) is 0 Å². The SMILES string of the molecule is COc1ccc(S(=O)(=O)N2CCC(C(=O)NCCCc3cccc(OC(C)C)c3)CC2)cc1. The standard InChI is InChI=1S/C25H34N2O5S/c1-19(2)32-23-8-4-6-20(18-23)7-5-15-26-25(28)21-13-16-27(17-14-21)33(29,30)24-11-9-22(31-3)10-12-24/h4,6,8-12,18-19,21H,5,7,13-17H2,1-3H3,(H,26,28). The van der Waals surface area contributed by atoms with Gasteiger partial charge in [0.25, 0.3) is 0 Å². The van der Waals surface area contributed by atoms with E-state index in [0.29, 0.717) is 38.2 Å². The molecular weight excluding hydrogens is 440 g/mol. The summed E-state index contributed by atoms with van der Waals surface area (Å²) in [7, 11) is -2.02. The monoisotopic (exact) mass is 474 g/mol. The van der Waals surface area contributed by atoms with Crippen LogP contribution in [-0.2, 0) is 21.2 Å². The zero-order chi connectivity index (χ0) is 23.8. The number of piperidine rings is 1. The van der Waals surface area contributed by atoms with Crippen LogP contribution < -0.4 is 14.8 Å². The summed E-state index contributed by atoms with van der Waals surface area (Å²) in [6.45, 7) is 5.28. The largest absolute Gasteiger partial charge is 0.497 e. The minimum atomic E-state index is -3.56. The number of sulfonamides is 1. The predicted molar refractivity (Wildman–Crippen MR) is 128 cm³/mol. The van der Waals surface area contributed by atoms with Gasteiger partial charge in [-0.05, 0) is 81.5 Å². The molecule has 0 bridgehead atoms. The Bertz CT molecular complexity index is 1010. The Balaban J connectivity index is 1.42. The third kappa shape index (κ3) is 6.95. The van der Waals surface area contributed by atoms with Crippen LogP contribution in [0.1, 0.15) is 38.7 Å². The van der Waals surface area contributed by atoms with Crippen molar-refractivity contribution in [3.63, 3.8) is 0 Å². The quantitative estimate of drug-likeness (QED) is 0.532. The predicted octanol–water partition coefficient (Wildman–Crippen LogP) is 3.63. The van der Waals surface area contributed by atoms with Gasteiger partial charge in [-0.1, -0.05) is 12.1 Å². The molecule has 33 heavy (non-hydrogen) atoms. The maximum absolute atomic E-state index is 12.9. The molecule has 0 spiro atoms. The summed E-state index contributed by atoms with van der Waals surface area (Å²) < 4.78 is 38.0. The van der Waals surface area contributed by atoms with Gasteiger partial charge in [-0.2, -0.15) is 4.31 Å². The molecule has 0 radical (unpaired) electrons. The van der Waals surface area contributed by atoms with E-state index in [-0.39, 0.29) is 22.8 Å². The van der Waals surface area contributed by atoms with E-state index in [0.717, 1.165) is 18.6 Å². The molecule has 7 nitrogen and oxygen atoms in total. The van der Waals surface area contributed by atoms with Gasteiger partial charge >= 0.3 is 0 Å². The highest BCUT2D eigenvalue weighted by Crippen LogP contribution is 2.25. The van der Waals surface area contributed by atoms with Crippen molar-refractivity contribution in [3.8, 4) is 11.5 Å². The summed E-state index contributed by atoms with van der Waals surface area (Å²) in [5, 5.41) is 3.02. The van der Waals surface area contributed by atoms with Crippen LogP contribution in [0.3, 0.4) is 0 Å². The number of benzene rings is 2. The second kappa shape index (κ2) is 11.5. The normalized spacial score (nSPS) is 15.4. The number of methoxy groups -OCH3 is 1. The summed E-state index contributed by atoms with van der Waals surface area (Å²) in [5.41, 5.74) is 1.18. The lowest BCUT2D eigenvalue weighted by atomic mass is 9.97. The summed E-state index contributed by atoms with van der Waals surface area (Å²) in [6, 6.07) is 14.4. The lowest BCUT2D eigenvalue weighted by Crippen LogP contribution is -2.43. The molecule has 1 amide bonds. The third-order valence-corrected chi connectivity index (χ3v) is 7.65. The van der Waals surface area contributed by atoms with Crippen LogP contribution in [0.4, 0.5) is 0 Å². The number of carbonyl (C=O) groups is 1. The van der Waals surface area contributed by atoms with Gasteiger partial charge in [-0.3, -0.25) is 4.79 Å². The Morgan fingerprint density at radius 3 is 2.42 bits per heavy atom. The van der Waals surface area contributed by atoms with Crippen molar-refractivity contribution in [3.05, 3.63) is 54.1 Å². The summed E-state index contributed by atoms with van der Waals surface area (Å²) in [4.78, 5) is 12.8. The first-order valence-electron chi connectivity index (χ1n) is 11.5. The summed E-state index contributed by atoms with van der Waals surface area (Å²) in [6.07, 6.45) is 2.87. The van der Waals surface area contributed by atoms with Crippen LogP contribution in [-0.4, -0.2) is 51.5 Å². The van der Waals surface area contributed by atoms with Gasteiger partial charge in [0.1, 0.15) is 11.5 Å². The molecule has 8 heteroatoms. The van der Waals surface area contributed by atoms with Gasteiger partial charge in [0.2, 0.25) is 15.9 Å². The van der Waals surface area contributed by atoms with E-state index in [1.807, 2.05) is 32.0 Å². The van der Waals surface area contributed by atoms with E-state index in [9.17, 15) is 13.2 Å². The lowest BCUT2D eigenvalue weighted by molar-refractivity contribution is -0.126. The minimum absolute atomic E-state index is 0.00777. The first-order chi connectivity index (χ1) is 15.8. The number of carbonyl (C=O) groups excluding carboxylic acids is 1. The van der Waals surface area contributed by atoms with Crippen molar-refractivity contribution in [2.24, 2.45) is 5.92 Å². The van der Waals surface area contributed by atoms with Crippen LogP contribution in [0.5, 0.6) is 11.5 Å². The number of nitrogens with one attached hydrogen (secondary N) is 1. The number of nitrogens with zero attached hydrogens (tertiary/aromatic N) is 1. The first kappa shape index (κ1) is 25.1. The average Bonchev–Trinajstić information content (AvgIpc) is 2.81. The topological polar surface area (TPSA) is 84.9 Å². The molecule has 180 valence electrons. The highest BCUT2D eigenvalue weighted by atomic mass is 32.2. The molecule has 0 aliphatic carbocycles. The van der Waals surface area contributed by atoms with Crippen LogP contribution >= 0.6 is 0 Å². The molecule has 1 saturated heterocycles. The minimum Gasteiger partial charge on any atom is -0.497 e. The molecule has 0 saturated carbocycles. The molecular formula is C25H34N2O5S. The Morgan fingerprint density at radius 1 is 1.09 bits per heavy atom. The smallest absolute Gasteiger partial charge is 0.243 e. The van der Waals surface area contributed by atoms with E-state index in [4.69, 9.17) is 9.47 Å². The van der Waals surface area contributed by atoms with E-state index in [1.54, 1.807) is 31.4 Å². The molecule has 2 aromatic rings. The van der Waals surface area contributed by atoms with Crippen molar-refractivity contribution in [2.45, 2.75) is 50.5 Å². The molecule has 1 fully saturated rings. The maximum atomic E-state index is 12.9. The van der Waals surface area contributed by atoms with Crippen molar-refractivity contribution in [1.82, 2.24) is 9.62 Å². The summed E-state index contributed by atoms with van der Waals surface area (Å²) in [5.74, 6) is 1.33. The van der Waals surface area contributed by atoms with Crippen molar-refractivity contribution < 1.29 is 22.7 Å².